The molecule has 1 aliphatic heterocycles. The molecule has 0 radical (unpaired) electrons. The van der Waals surface area contributed by atoms with E-state index in [0.29, 0.717) is 53.8 Å². The van der Waals surface area contributed by atoms with Crippen molar-refractivity contribution in [1.29, 1.82) is 0 Å². The minimum atomic E-state index is -0.570. The molecule has 1 amide bonds. The van der Waals surface area contributed by atoms with Gasteiger partial charge in [-0.05, 0) is 29.8 Å². The molecule has 1 fully saturated rings. The Morgan fingerprint density at radius 1 is 1.00 bits per heavy atom. The van der Waals surface area contributed by atoms with E-state index in [9.17, 15) is 9.59 Å². The summed E-state index contributed by atoms with van der Waals surface area (Å²) in [7, 11) is 1.59. The minimum Gasteiger partial charge on any atom is -0.497 e. The highest BCUT2D eigenvalue weighted by Gasteiger charge is 2.30. The topological polar surface area (TPSA) is 73.7 Å². The molecule has 5 rings (SSSR count). The van der Waals surface area contributed by atoms with Crippen LogP contribution in [0.1, 0.15) is 10.8 Å². The number of rotatable bonds is 6. The number of amides is 1. The number of thioether (sulfide) groups is 1. The van der Waals surface area contributed by atoms with Crippen LogP contribution in [0.3, 0.4) is 0 Å². The van der Waals surface area contributed by atoms with Crippen molar-refractivity contribution < 1.29 is 14.3 Å². The van der Waals surface area contributed by atoms with Crippen LogP contribution in [-0.2, 0) is 9.53 Å². The Bertz CT molecular complexity index is 1400. The maximum absolute atomic E-state index is 13.7. The molecule has 3 aromatic carbocycles. The quantitative estimate of drug-likeness (QED) is 0.301. The number of ether oxygens (including phenoxy) is 2. The lowest BCUT2D eigenvalue weighted by molar-refractivity contribution is -0.134. The van der Waals surface area contributed by atoms with E-state index in [0.717, 1.165) is 5.56 Å². The molecule has 7 nitrogen and oxygen atoms in total. The van der Waals surface area contributed by atoms with Gasteiger partial charge in [-0.2, -0.15) is 0 Å². The molecule has 8 heteroatoms. The lowest BCUT2D eigenvalue weighted by atomic mass is 10.1. The smallest absolute Gasteiger partial charge is 0.266 e. The molecule has 0 spiro atoms. The Hall–Kier alpha value is -3.62. The summed E-state index contributed by atoms with van der Waals surface area (Å²) in [5.41, 5.74) is 1.87. The summed E-state index contributed by atoms with van der Waals surface area (Å²) in [6.45, 7) is 2.11. The molecule has 4 aromatic rings. The lowest BCUT2D eigenvalue weighted by Crippen LogP contribution is -2.42. The highest BCUT2D eigenvalue weighted by molar-refractivity contribution is 8.00. The fourth-order valence-electron chi connectivity index (χ4n) is 4.11. The molecular weight excluding hydrogens is 462 g/mol. The van der Waals surface area contributed by atoms with E-state index in [1.807, 2.05) is 71.6 Å². The van der Waals surface area contributed by atoms with Crippen molar-refractivity contribution in [2.24, 2.45) is 0 Å². The molecule has 0 aliphatic carbocycles. The van der Waals surface area contributed by atoms with Crippen molar-refractivity contribution in [3.8, 4) is 11.4 Å². The van der Waals surface area contributed by atoms with Crippen molar-refractivity contribution in [3.63, 3.8) is 0 Å². The van der Waals surface area contributed by atoms with Crippen LogP contribution in [0.5, 0.6) is 5.75 Å². The van der Waals surface area contributed by atoms with Gasteiger partial charge in [-0.25, -0.2) is 4.98 Å². The van der Waals surface area contributed by atoms with Gasteiger partial charge in [-0.1, -0.05) is 60.3 Å². The van der Waals surface area contributed by atoms with E-state index in [-0.39, 0.29) is 11.5 Å². The first-order valence-electron chi connectivity index (χ1n) is 11.4. The number of methoxy groups -OCH3 is 1. The van der Waals surface area contributed by atoms with E-state index in [1.54, 1.807) is 23.8 Å². The predicted octanol–water partition coefficient (Wildman–Crippen LogP) is 4.09. The van der Waals surface area contributed by atoms with Gasteiger partial charge in [0, 0.05) is 19.2 Å². The molecule has 35 heavy (non-hydrogen) atoms. The molecule has 0 saturated carbocycles. The zero-order chi connectivity index (χ0) is 24.2. The predicted molar refractivity (Wildman–Crippen MR) is 136 cm³/mol. The number of para-hydroxylation sites is 1. The lowest BCUT2D eigenvalue weighted by Gasteiger charge is -2.30. The zero-order valence-electron chi connectivity index (χ0n) is 19.3. The number of carbonyl (C=O) groups excluding carboxylic acids is 1. The molecule has 1 saturated heterocycles. The van der Waals surface area contributed by atoms with Crippen LogP contribution >= 0.6 is 11.8 Å². The van der Waals surface area contributed by atoms with Crippen LogP contribution in [0.15, 0.2) is 88.8 Å². The van der Waals surface area contributed by atoms with Gasteiger partial charge in [0.25, 0.3) is 5.56 Å². The van der Waals surface area contributed by atoms with E-state index >= 15 is 0 Å². The molecule has 1 atom stereocenters. The van der Waals surface area contributed by atoms with Gasteiger partial charge >= 0.3 is 0 Å². The summed E-state index contributed by atoms with van der Waals surface area (Å²) < 4.78 is 12.4. The van der Waals surface area contributed by atoms with Gasteiger partial charge in [0.2, 0.25) is 5.91 Å². The number of benzene rings is 3. The molecule has 1 aliphatic rings. The minimum absolute atomic E-state index is 0.0240. The normalized spacial score (nSPS) is 14.6. The number of fused-ring (bicyclic) bond motifs is 1. The Labute approximate surface area is 207 Å². The van der Waals surface area contributed by atoms with Gasteiger partial charge < -0.3 is 14.4 Å². The molecule has 0 unspecified atom stereocenters. The molecular formula is C27H25N3O4S. The molecule has 0 N–H and O–H groups in total. The summed E-state index contributed by atoms with van der Waals surface area (Å²) >= 11 is 1.29. The van der Waals surface area contributed by atoms with E-state index in [2.05, 4.69) is 0 Å². The monoisotopic (exact) mass is 487 g/mol. The third-order valence-electron chi connectivity index (χ3n) is 5.93. The first-order valence-corrected chi connectivity index (χ1v) is 12.3. The van der Waals surface area contributed by atoms with Gasteiger partial charge in [0.15, 0.2) is 5.16 Å². The van der Waals surface area contributed by atoms with Gasteiger partial charge in [0.05, 0.1) is 36.9 Å². The molecule has 178 valence electrons. The summed E-state index contributed by atoms with van der Waals surface area (Å²) in [5, 5.41) is 0.382. The second-order valence-corrected chi connectivity index (χ2v) is 9.17. The van der Waals surface area contributed by atoms with Gasteiger partial charge in [0.1, 0.15) is 11.0 Å². The number of aromatic nitrogens is 2. The summed E-state index contributed by atoms with van der Waals surface area (Å²) in [6.07, 6.45) is 0. The fourth-order valence-corrected chi connectivity index (χ4v) is 5.31. The zero-order valence-corrected chi connectivity index (χ0v) is 20.1. The highest BCUT2D eigenvalue weighted by atomic mass is 32.2. The number of nitrogens with zero attached hydrogens (tertiary/aromatic N) is 3. The highest BCUT2D eigenvalue weighted by Crippen LogP contribution is 2.37. The third-order valence-corrected chi connectivity index (χ3v) is 7.12. The van der Waals surface area contributed by atoms with Crippen molar-refractivity contribution in [3.05, 3.63) is 94.8 Å². The van der Waals surface area contributed by atoms with E-state index < -0.39 is 5.25 Å². The SMILES string of the molecule is COc1cccc(-n2c(S[C@@H](C(=O)N3CCOCC3)c3ccccc3)nc3ccccc3c2=O)c1. The average molecular weight is 488 g/mol. The third kappa shape index (κ3) is 4.80. The van der Waals surface area contributed by atoms with Crippen LogP contribution in [-0.4, -0.2) is 53.8 Å². The van der Waals surface area contributed by atoms with E-state index in [1.165, 1.54) is 11.8 Å². The Balaban J connectivity index is 1.66. The maximum atomic E-state index is 13.7. The standard InChI is InChI=1S/C27H25N3O4S/c1-33-21-11-7-10-20(18-21)30-25(31)22-12-5-6-13-23(22)28-27(30)35-24(19-8-3-2-4-9-19)26(32)29-14-16-34-17-15-29/h2-13,18,24H,14-17H2,1H3/t24-/m1/s1. The van der Waals surface area contributed by atoms with Crippen LogP contribution in [0.2, 0.25) is 0 Å². The largest absolute Gasteiger partial charge is 0.497 e. The van der Waals surface area contributed by atoms with Crippen molar-refractivity contribution >= 4 is 28.6 Å². The molecule has 0 bridgehead atoms. The Kier molecular flexibility index (Phi) is 6.83. The Morgan fingerprint density at radius 2 is 1.74 bits per heavy atom. The van der Waals surface area contributed by atoms with Gasteiger partial charge in [-0.3, -0.25) is 14.2 Å². The number of hydrogen-bond acceptors (Lipinski definition) is 6. The second kappa shape index (κ2) is 10.3. The Morgan fingerprint density at radius 3 is 2.51 bits per heavy atom. The van der Waals surface area contributed by atoms with E-state index in [4.69, 9.17) is 14.5 Å². The number of morpholine rings is 1. The maximum Gasteiger partial charge on any atom is 0.266 e. The van der Waals surface area contributed by atoms with Crippen LogP contribution in [0.25, 0.3) is 16.6 Å². The fraction of sp³-hybridized carbons (Fsp3) is 0.222. The number of carbonyl (C=O) groups is 1. The first kappa shape index (κ1) is 23.1. The van der Waals surface area contributed by atoms with Crippen molar-refractivity contribution in [2.45, 2.75) is 10.4 Å². The van der Waals surface area contributed by atoms with Crippen LogP contribution in [0, 0.1) is 0 Å². The first-order chi connectivity index (χ1) is 17.2. The summed E-state index contributed by atoms with van der Waals surface area (Å²) in [5.74, 6) is 0.603. The second-order valence-electron chi connectivity index (χ2n) is 8.10. The number of hydrogen-bond donors (Lipinski definition) is 0. The van der Waals surface area contributed by atoms with Crippen molar-refractivity contribution in [2.75, 3.05) is 33.4 Å². The molecule has 2 heterocycles. The van der Waals surface area contributed by atoms with Gasteiger partial charge in [-0.15, -0.1) is 0 Å². The molecule has 1 aromatic heterocycles. The summed E-state index contributed by atoms with van der Waals surface area (Å²) in [4.78, 5) is 34.1. The average Bonchev–Trinajstić information content (AvgIpc) is 2.92. The van der Waals surface area contributed by atoms with Crippen molar-refractivity contribution in [1.82, 2.24) is 14.5 Å². The van der Waals surface area contributed by atoms with Crippen LogP contribution in [0.4, 0.5) is 0 Å². The summed E-state index contributed by atoms with van der Waals surface area (Å²) in [6, 6.07) is 24.2. The van der Waals surface area contributed by atoms with Crippen LogP contribution < -0.4 is 10.3 Å².